The van der Waals surface area contributed by atoms with Gasteiger partial charge in [0.25, 0.3) is 0 Å². The van der Waals surface area contributed by atoms with Crippen molar-refractivity contribution in [3.63, 3.8) is 0 Å². The number of piperidine rings is 1. The van der Waals surface area contributed by atoms with Crippen LogP contribution in [0.1, 0.15) is 69.6 Å². The normalized spacial score (nSPS) is 18.8. The predicted octanol–water partition coefficient (Wildman–Crippen LogP) is 6.16. The zero-order chi connectivity index (χ0) is 26.2. The molecule has 1 heterocycles. The molecular weight excluding hydrogens is 478 g/mol. The number of nitrogens with zero attached hydrogens (tertiary/aromatic N) is 1. The van der Waals surface area contributed by atoms with Gasteiger partial charge in [-0.3, -0.25) is 4.79 Å². The number of amides is 2. The lowest BCUT2D eigenvalue weighted by atomic mass is 9.73. The number of ether oxygens (including phenoxy) is 1. The standard InChI is InChI=1S/C24H30F6N2O3/c1-21(2,3)35-20(34)32-8-6-22(7-9-32,13-15-4-5-15)19(33)31-14-16-10-17(23(25,26)27)12-18(11-16)24(28,29)30/h10-12,15H,4-9,13-14H2,1-3H3,(H,31,33). The Bertz CT molecular complexity index is 908. The van der Waals surface area contributed by atoms with Gasteiger partial charge in [-0.05, 0) is 69.7 Å². The van der Waals surface area contributed by atoms with Crippen molar-refractivity contribution in [1.82, 2.24) is 10.2 Å². The lowest BCUT2D eigenvalue weighted by Gasteiger charge is -2.41. The Morgan fingerprint density at radius 2 is 1.49 bits per heavy atom. The zero-order valence-electron chi connectivity index (χ0n) is 19.9. The van der Waals surface area contributed by atoms with Crippen molar-refractivity contribution in [2.45, 2.75) is 77.4 Å². The Morgan fingerprint density at radius 3 is 1.91 bits per heavy atom. The van der Waals surface area contributed by atoms with Gasteiger partial charge in [-0.2, -0.15) is 26.3 Å². The number of likely N-dealkylation sites (tertiary alicyclic amines) is 1. The van der Waals surface area contributed by atoms with Crippen LogP contribution in [0.3, 0.4) is 0 Å². The molecule has 35 heavy (non-hydrogen) atoms. The highest BCUT2D eigenvalue weighted by Crippen LogP contribution is 2.46. The molecule has 1 N–H and O–H groups in total. The first-order valence-corrected chi connectivity index (χ1v) is 11.5. The molecule has 1 aliphatic heterocycles. The minimum Gasteiger partial charge on any atom is -0.444 e. The van der Waals surface area contributed by atoms with Gasteiger partial charge in [0.2, 0.25) is 5.91 Å². The van der Waals surface area contributed by atoms with Gasteiger partial charge in [-0.1, -0.05) is 12.8 Å². The Labute approximate surface area is 200 Å². The molecule has 1 saturated heterocycles. The smallest absolute Gasteiger partial charge is 0.416 e. The largest absolute Gasteiger partial charge is 0.444 e. The third kappa shape index (κ3) is 7.27. The van der Waals surface area contributed by atoms with E-state index in [0.717, 1.165) is 12.8 Å². The van der Waals surface area contributed by atoms with Crippen molar-refractivity contribution in [3.8, 4) is 0 Å². The number of hydrogen-bond donors (Lipinski definition) is 1. The van der Waals surface area contributed by atoms with Gasteiger partial charge in [0.05, 0.1) is 16.5 Å². The van der Waals surface area contributed by atoms with Crippen LogP contribution in [0.25, 0.3) is 0 Å². The summed E-state index contributed by atoms with van der Waals surface area (Å²) in [6.45, 7) is 5.33. The predicted molar refractivity (Wildman–Crippen MR) is 115 cm³/mol. The monoisotopic (exact) mass is 508 g/mol. The summed E-state index contributed by atoms with van der Waals surface area (Å²) < 4.78 is 84.3. The summed E-state index contributed by atoms with van der Waals surface area (Å²) in [5.74, 6) is -0.0709. The maximum Gasteiger partial charge on any atom is 0.416 e. The zero-order valence-corrected chi connectivity index (χ0v) is 19.9. The number of carbonyl (C=O) groups is 2. The summed E-state index contributed by atoms with van der Waals surface area (Å²) in [6.07, 6.45) is -7.22. The quantitative estimate of drug-likeness (QED) is 0.485. The van der Waals surface area contributed by atoms with Gasteiger partial charge < -0.3 is 15.0 Å². The van der Waals surface area contributed by atoms with Crippen LogP contribution in [0, 0.1) is 11.3 Å². The van der Waals surface area contributed by atoms with E-state index in [4.69, 9.17) is 4.74 Å². The molecule has 11 heteroatoms. The minimum absolute atomic E-state index is 0.0618. The Morgan fingerprint density at radius 1 is 0.971 bits per heavy atom. The average molecular weight is 509 g/mol. The van der Waals surface area contributed by atoms with E-state index < -0.39 is 53.0 Å². The minimum atomic E-state index is -4.96. The molecule has 5 nitrogen and oxygen atoms in total. The Balaban J connectivity index is 1.73. The van der Waals surface area contributed by atoms with Crippen LogP contribution in [0.4, 0.5) is 31.1 Å². The highest BCUT2D eigenvalue weighted by atomic mass is 19.4. The van der Waals surface area contributed by atoms with Gasteiger partial charge in [0.15, 0.2) is 0 Å². The van der Waals surface area contributed by atoms with E-state index in [-0.39, 0.29) is 24.7 Å². The highest BCUT2D eigenvalue weighted by molar-refractivity contribution is 5.83. The molecule has 1 aromatic rings. The van der Waals surface area contributed by atoms with Gasteiger partial charge in [0, 0.05) is 19.6 Å². The summed E-state index contributed by atoms with van der Waals surface area (Å²) >= 11 is 0. The maximum absolute atomic E-state index is 13.2. The first-order valence-electron chi connectivity index (χ1n) is 11.5. The average Bonchev–Trinajstić information content (AvgIpc) is 3.53. The molecule has 1 aliphatic carbocycles. The number of alkyl halides is 6. The Kier molecular flexibility index (Phi) is 7.39. The third-order valence-corrected chi connectivity index (χ3v) is 6.33. The fraction of sp³-hybridized carbons (Fsp3) is 0.667. The van der Waals surface area contributed by atoms with Crippen LogP contribution in [0.2, 0.25) is 0 Å². The number of rotatable bonds is 5. The van der Waals surface area contributed by atoms with E-state index in [1.807, 2.05) is 0 Å². The van der Waals surface area contributed by atoms with Crippen molar-refractivity contribution in [3.05, 3.63) is 34.9 Å². The Hall–Kier alpha value is -2.46. The van der Waals surface area contributed by atoms with Crippen LogP contribution in [-0.4, -0.2) is 35.6 Å². The van der Waals surface area contributed by atoms with E-state index >= 15 is 0 Å². The molecule has 1 aromatic carbocycles. The van der Waals surface area contributed by atoms with E-state index in [1.54, 1.807) is 20.8 Å². The van der Waals surface area contributed by atoms with Crippen molar-refractivity contribution in [2.24, 2.45) is 11.3 Å². The number of hydrogen-bond acceptors (Lipinski definition) is 3. The molecule has 3 rings (SSSR count). The molecule has 2 amide bonds. The first-order chi connectivity index (χ1) is 16.0. The second-order valence-electron chi connectivity index (χ2n) is 10.5. The lowest BCUT2D eigenvalue weighted by molar-refractivity contribution is -0.143. The van der Waals surface area contributed by atoms with E-state index in [2.05, 4.69) is 5.32 Å². The van der Waals surface area contributed by atoms with E-state index in [0.29, 0.717) is 37.3 Å². The summed E-state index contributed by atoms with van der Waals surface area (Å²) in [5, 5.41) is 2.57. The van der Waals surface area contributed by atoms with Gasteiger partial charge >= 0.3 is 18.4 Å². The highest BCUT2D eigenvalue weighted by Gasteiger charge is 2.46. The molecule has 0 spiro atoms. The van der Waals surface area contributed by atoms with Crippen LogP contribution >= 0.6 is 0 Å². The van der Waals surface area contributed by atoms with Crippen LogP contribution in [0.5, 0.6) is 0 Å². The molecule has 196 valence electrons. The summed E-state index contributed by atoms with van der Waals surface area (Å²) in [4.78, 5) is 27.1. The maximum atomic E-state index is 13.2. The number of halogens is 6. The second kappa shape index (κ2) is 9.54. The molecule has 0 bridgehead atoms. The number of carbonyl (C=O) groups excluding carboxylic acids is 2. The molecule has 2 aliphatic rings. The number of nitrogens with one attached hydrogen (secondary N) is 1. The summed E-state index contributed by atoms with van der Waals surface area (Å²) in [7, 11) is 0. The fourth-order valence-electron chi connectivity index (χ4n) is 4.33. The van der Waals surface area contributed by atoms with Gasteiger partial charge in [-0.25, -0.2) is 4.79 Å². The van der Waals surface area contributed by atoms with E-state index in [1.165, 1.54) is 4.90 Å². The second-order valence-corrected chi connectivity index (χ2v) is 10.5. The SMILES string of the molecule is CC(C)(C)OC(=O)N1CCC(CC2CC2)(C(=O)NCc2cc(C(F)(F)F)cc(C(F)(F)F)c2)CC1. The fourth-order valence-corrected chi connectivity index (χ4v) is 4.33. The topological polar surface area (TPSA) is 58.6 Å². The van der Waals surface area contributed by atoms with Crippen LogP contribution in [0.15, 0.2) is 18.2 Å². The first kappa shape index (κ1) is 27.1. The molecule has 0 atom stereocenters. The van der Waals surface area contributed by atoms with E-state index in [9.17, 15) is 35.9 Å². The summed E-state index contributed by atoms with van der Waals surface area (Å²) in [6, 6.07) is 1.30. The van der Waals surface area contributed by atoms with Crippen molar-refractivity contribution in [1.29, 1.82) is 0 Å². The lowest BCUT2D eigenvalue weighted by Crippen LogP contribution is -2.51. The molecule has 0 aromatic heterocycles. The van der Waals surface area contributed by atoms with Crippen molar-refractivity contribution >= 4 is 12.0 Å². The van der Waals surface area contributed by atoms with Crippen LogP contribution < -0.4 is 5.32 Å². The third-order valence-electron chi connectivity index (χ3n) is 6.33. The summed E-state index contributed by atoms with van der Waals surface area (Å²) in [5.41, 5.74) is -4.64. The van der Waals surface area contributed by atoms with Gasteiger partial charge in [-0.15, -0.1) is 0 Å². The van der Waals surface area contributed by atoms with Crippen molar-refractivity contribution in [2.75, 3.05) is 13.1 Å². The van der Waals surface area contributed by atoms with Gasteiger partial charge in [0.1, 0.15) is 5.60 Å². The molecular formula is C24H30F6N2O3. The molecule has 0 radical (unpaired) electrons. The molecule has 2 fully saturated rings. The molecule has 0 unspecified atom stereocenters. The van der Waals surface area contributed by atoms with Crippen molar-refractivity contribution < 1.29 is 40.7 Å². The molecule has 1 saturated carbocycles. The number of benzene rings is 1. The van der Waals surface area contributed by atoms with Crippen LogP contribution in [-0.2, 0) is 28.4 Å².